The average molecular weight is 192 g/mol. The van der Waals surface area contributed by atoms with Crippen molar-refractivity contribution >= 4 is 11.3 Å². The van der Waals surface area contributed by atoms with Gasteiger partial charge in [-0.15, -0.1) is 11.3 Å². The third-order valence-electron chi connectivity index (χ3n) is 2.53. The molecule has 1 saturated carbocycles. The van der Waals surface area contributed by atoms with Gasteiger partial charge in [-0.2, -0.15) is 5.26 Å². The summed E-state index contributed by atoms with van der Waals surface area (Å²) < 4.78 is 0. The van der Waals surface area contributed by atoms with Crippen LogP contribution in [0.3, 0.4) is 0 Å². The van der Waals surface area contributed by atoms with Crippen molar-refractivity contribution in [2.45, 2.75) is 31.2 Å². The number of thiophene rings is 1. The molecule has 3 heteroatoms. The SMILES string of the molecule is N#Cc1ccc(CCC2(N)CC2)s1. The molecule has 1 heterocycles. The molecule has 0 radical (unpaired) electrons. The first-order valence-corrected chi connectivity index (χ1v) is 5.31. The van der Waals surface area contributed by atoms with Crippen LogP contribution < -0.4 is 5.73 Å². The van der Waals surface area contributed by atoms with Crippen LogP contribution in [0.15, 0.2) is 12.1 Å². The Kier molecular flexibility index (Phi) is 2.10. The Labute approximate surface area is 82.0 Å². The van der Waals surface area contributed by atoms with E-state index in [1.54, 1.807) is 11.3 Å². The van der Waals surface area contributed by atoms with Crippen molar-refractivity contribution in [2.75, 3.05) is 0 Å². The molecule has 2 rings (SSSR count). The molecular formula is C10H12N2S. The van der Waals surface area contributed by atoms with Gasteiger partial charge >= 0.3 is 0 Å². The number of hydrogen-bond acceptors (Lipinski definition) is 3. The smallest absolute Gasteiger partial charge is 0.110 e. The lowest BCUT2D eigenvalue weighted by Gasteiger charge is -2.05. The van der Waals surface area contributed by atoms with Crippen molar-refractivity contribution in [3.8, 4) is 6.07 Å². The first-order chi connectivity index (χ1) is 6.22. The highest BCUT2D eigenvalue weighted by molar-refractivity contribution is 7.12. The molecule has 0 atom stereocenters. The third-order valence-corrected chi connectivity index (χ3v) is 3.58. The second-order valence-corrected chi connectivity index (χ2v) is 4.91. The van der Waals surface area contributed by atoms with Crippen LogP contribution in [0.25, 0.3) is 0 Å². The predicted octanol–water partition coefficient (Wildman–Crippen LogP) is 2.04. The number of nitrogens with zero attached hydrogens (tertiary/aromatic N) is 1. The Bertz CT molecular complexity index is 344. The van der Waals surface area contributed by atoms with Gasteiger partial charge in [-0.25, -0.2) is 0 Å². The van der Waals surface area contributed by atoms with Crippen molar-refractivity contribution < 1.29 is 0 Å². The van der Waals surface area contributed by atoms with E-state index >= 15 is 0 Å². The fourth-order valence-corrected chi connectivity index (χ4v) is 2.16. The maximum absolute atomic E-state index is 8.63. The molecule has 0 amide bonds. The summed E-state index contributed by atoms with van der Waals surface area (Å²) in [7, 11) is 0. The van der Waals surface area contributed by atoms with Crippen LogP contribution in [0.1, 0.15) is 29.0 Å². The van der Waals surface area contributed by atoms with E-state index < -0.39 is 0 Å². The summed E-state index contributed by atoms with van der Waals surface area (Å²) in [5, 5.41) is 8.63. The lowest BCUT2D eigenvalue weighted by atomic mass is 10.1. The van der Waals surface area contributed by atoms with Crippen molar-refractivity contribution in [1.29, 1.82) is 5.26 Å². The normalized spacial score (nSPS) is 18.2. The molecule has 0 aliphatic heterocycles. The molecule has 1 aromatic rings. The topological polar surface area (TPSA) is 49.8 Å². The number of hydrogen-bond donors (Lipinski definition) is 1. The Morgan fingerprint density at radius 1 is 1.54 bits per heavy atom. The molecular weight excluding hydrogens is 180 g/mol. The molecule has 2 nitrogen and oxygen atoms in total. The second kappa shape index (κ2) is 3.13. The summed E-state index contributed by atoms with van der Waals surface area (Å²) in [6, 6.07) is 6.07. The van der Waals surface area contributed by atoms with Gasteiger partial charge < -0.3 is 5.73 Å². The first kappa shape index (κ1) is 8.74. The van der Waals surface area contributed by atoms with Crippen LogP contribution in [-0.2, 0) is 6.42 Å². The zero-order valence-corrected chi connectivity index (χ0v) is 8.23. The number of rotatable bonds is 3. The standard InChI is InChI=1S/C10H12N2S/c11-7-9-2-1-8(13-9)3-4-10(12)5-6-10/h1-2H,3-6,12H2. The van der Waals surface area contributed by atoms with Crippen LogP contribution in [0, 0.1) is 11.3 Å². The molecule has 1 aliphatic rings. The largest absolute Gasteiger partial charge is 0.325 e. The lowest BCUT2D eigenvalue weighted by molar-refractivity contribution is 0.612. The first-order valence-electron chi connectivity index (χ1n) is 4.50. The highest BCUT2D eigenvalue weighted by Crippen LogP contribution is 2.37. The van der Waals surface area contributed by atoms with Crippen molar-refractivity contribution in [3.05, 3.63) is 21.9 Å². The molecule has 0 unspecified atom stereocenters. The van der Waals surface area contributed by atoms with Gasteiger partial charge in [-0.05, 0) is 37.8 Å². The Morgan fingerprint density at radius 3 is 2.85 bits per heavy atom. The molecule has 13 heavy (non-hydrogen) atoms. The van der Waals surface area contributed by atoms with Gasteiger partial charge in [0.2, 0.25) is 0 Å². The molecule has 0 aromatic carbocycles. The minimum Gasteiger partial charge on any atom is -0.325 e. The molecule has 68 valence electrons. The maximum atomic E-state index is 8.63. The summed E-state index contributed by atoms with van der Waals surface area (Å²) in [5.41, 5.74) is 6.11. The van der Waals surface area contributed by atoms with Gasteiger partial charge in [0, 0.05) is 10.4 Å². The van der Waals surface area contributed by atoms with Gasteiger partial charge in [-0.3, -0.25) is 0 Å². The van der Waals surface area contributed by atoms with E-state index in [2.05, 4.69) is 6.07 Å². The fourth-order valence-electron chi connectivity index (χ4n) is 1.36. The predicted molar refractivity (Wildman–Crippen MR) is 53.5 cm³/mol. The van der Waals surface area contributed by atoms with E-state index in [0.717, 1.165) is 17.7 Å². The molecule has 1 aliphatic carbocycles. The fraction of sp³-hybridized carbons (Fsp3) is 0.500. The number of aryl methyl sites for hydroxylation is 1. The summed E-state index contributed by atoms with van der Waals surface area (Å²) in [6.45, 7) is 0. The molecule has 0 bridgehead atoms. The van der Waals surface area contributed by atoms with E-state index in [-0.39, 0.29) is 5.54 Å². The third kappa shape index (κ3) is 2.09. The zero-order chi connectivity index (χ0) is 9.31. The quantitative estimate of drug-likeness (QED) is 0.796. The van der Waals surface area contributed by atoms with Gasteiger partial charge in [0.05, 0.1) is 0 Å². The summed E-state index contributed by atoms with van der Waals surface area (Å²) >= 11 is 1.58. The maximum Gasteiger partial charge on any atom is 0.110 e. The molecule has 0 saturated heterocycles. The minimum atomic E-state index is 0.136. The van der Waals surface area contributed by atoms with Crippen molar-refractivity contribution in [3.63, 3.8) is 0 Å². The molecule has 1 aromatic heterocycles. The zero-order valence-electron chi connectivity index (χ0n) is 7.42. The van der Waals surface area contributed by atoms with E-state index in [0.29, 0.717) is 0 Å². The van der Waals surface area contributed by atoms with E-state index in [1.807, 2.05) is 12.1 Å². The van der Waals surface area contributed by atoms with E-state index in [4.69, 9.17) is 11.0 Å². The van der Waals surface area contributed by atoms with Gasteiger partial charge in [0.15, 0.2) is 0 Å². The highest BCUT2D eigenvalue weighted by Gasteiger charge is 2.37. The van der Waals surface area contributed by atoms with E-state index in [9.17, 15) is 0 Å². The monoisotopic (exact) mass is 192 g/mol. The van der Waals surface area contributed by atoms with Gasteiger partial charge in [0.25, 0.3) is 0 Å². The van der Waals surface area contributed by atoms with Crippen LogP contribution >= 0.6 is 11.3 Å². The Hall–Kier alpha value is -0.850. The summed E-state index contributed by atoms with van der Waals surface area (Å²) in [4.78, 5) is 2.09. The highest BCUT2D eigenvalue weighted by atomic mass is 32.1. The van der Waals surface area contributed by atoms with Gasteiger partial charge in [-0.1, -0.05) is 0 Å². The van der Waals surface area contributed by atoms with E-state index in [1.165, 1.54) is 17.7 Å². The molecule has 1 fully saturated rings. The molecule has 0 spiro atoms. The minimum absolute atomic E-state index is 0.136. The summed E-state index contributed by atoms with van der Waals surface area (Å²) in [5.74, 6) is 0. The average Bonchev–Trinajstić information content (AvgIpc) is 2.69. The second-order valence-electron chi connectivity index (χ2n) is 3.74. The number of nitrogens with two attached hydrogens (primary N) is 1. The summed E-state index contributed by atoms with van der Waals surface area (Å²) in [6.07, 6.45) is 4.44. The lowest BCUT2D eigenvalue weighted by Crippen LogP contribution is -2.21. The van der Waals surface area contributed by atoms with Gasteiger partial charge in [0.1, 0.15) is 10.9 Å². The van der Waals surface area contributed by atoms with Crippen LogP contribution in [0.4, 0.5) is 0 Å². The van der Waals surface area contributed by atoms with Crippen LogP contribution in [-0.4, -0.2) is 5.54 Å². The Balaban J connectivity index is 1.91. The van der Waals surface area contributed by atoms with Crippen molar-refractivity contribution in [1.82, 2.24) is 0 Å². The van der Waals surface area contributed by atoms with Crippen LogP contribution in [0.2, 0.25) is 0 Å². The van der Waals surface area contributed by atoms with Crippen LogP contribution in [0.5, 0.6) is 0 Å². The van der Waals surface area contributed by atoms with Crippen molar-refractivity contribution in [2.24, 2.45) is 5.73 Å². The number of nitriles is 1. The Morgan fingerprint density at radius 2 is 2.31 bits per heavy atom. The molecule has 2 N–H and O–H groups in total.